The van der Waals surface area contributed by atoms with Gasteiger partial charge >= 0.3 is 0 Å². The fourth-order valence-corrected chi connectivity index (χ4v) is 1.74. The molecule has 0 saturated carbocycles. The molecule has 2 aromatic rings. The van der Waals surface area contributed by atoms with Crippen molar-refractivity contribution in [3.05, 3.63) is 47.7 Å². The van der Waals surface area contributed by atoms with Crippen molar-refractivity contribution in [3.63, 3.8) is 0 Å². The summed E-state index contributed by atoms with van der Waals surface area (Å²) in [4.78, 5) is 0. The summed E-state index contributed by atoms with van der Waals surface area (Å²) in [6.07, 6.45) is 0. The molecule has 1 heterocycles. The van der Waals surface area contributed by atoms with Crippen LogP contribution in [-0.2, 0) is 7.05 Å². The number of rotatable bonds is 1. The van der Waals surface area contributed by atoms with Crippen molar-refractivity contribution in [1.82, 2.24) is 4.57 Å². The second-order valence-electron chi connectivity index (χ2n) is 3.73. The molecule has 0 N–H and O–H groups in total. The second kappa shape index (κ2) is 3.33. The van der Waals surface area contributed by atoms with E-state index in [1.54, 1.807) is 0 Å². The normalized spacial score (nSPS) is 10.5. The molecular weight excluding hydrogens is 170 g/mol. The summed E-state index contributed by atoms with van der Waals surface area (Å²) in [5.74, 6) is 0. The molecule has 0 saturated heterocycles. The summed E-state index contributed by atoms with van der Waals surface area (Å²) in [6, 6.07) is 12.8. The lowest BCUT2D eigenvalue weighted by Gasteiger charge is -2.07. The zero-order valence-corrected chi connectivity index (χ0v) is 8.91. The van der Waals surface area contributed by atoms with E-state index < -0.39 is 0 Å². The third-order valence-electron chi connectivity index (χ3n) is 2.79. The monoisotopic (exact) mass is 185 g/mol. The summed E-state index contributed by atoms with van der Waals surface area (Å²) in [5, 5.41) is 0. The van der Waals surface area contributed by atoms with E-state index in [1.165, 1.54) is 22.5 Å². The summed E-state index contributed by atoms with van der Waals surface area (Å²) in [7, 11) is 2.11. The first kappa shape index (κ1) is 9.07. The quantitative estimate of drug-likeness (QED) is 0.642. The van der Waals surface area contributed by atoms with Crippen molar-refractivity contribution in [2.75, 3.05) is 0 Å². The number of hydrogen-bond donors (Lipinski definition) is 0. The fraction of sp³-hybridized carbons (Fsp3) is 0.231. The Labute approximate surface area is 85.0 Å². The van der Waals surface area contributed by atoms with Crippen LogP contribution in [0.15, 0.2) is 36.4 Å². The van der Waals surface area contributed by atoms with Crippen LogP contribution in [0.25, 0.3) is 11.3 Å². The van der Waals surface area contributed by atoms with Gasteiger partial charge in [0.15, 0.2) is 0 Å². The van der Waals surface area contributed by atoms with E-state index in [0.29, 0.717) is 0 Å². The van der Waals surface area contributed by atoms with Gasteiger partial charge in [-0.15, -0.1) is 0 Å². The highest BCUT2D eigenvalue weighted by Crippen LogP contribution is 2.24. The first-order valence-corrected chi connectivity index (χ1v) is 4.88. The summed E-state index contributed by atoms with van der Waals surface area (Å²) in [6.45, 7) is 4.28. The highest BCUT2D eigenvalue weighted by atomic mass is 14.9. The Balaban J connectivity index is 2.60. The molecule has 0 unspecified atom stereocenters. The first-order chi connectivity index (χ1) is 6.70. The van der Waals surface area contributed by atoms with E-state index in [1.807, 2.05) is 0 Å². The third kappa shape index (κ3) is 1.35. The third-order valence-corrected chi connectivity index (χ3v) is 2.79. The SMILES string of the molecule is Cc1ccccc1-c1ccc(C)n1C. The molecule has 0 radical (unpaired) electrons. The fourth-order valence-electron chi connectivity index (χ4n) is 1.74. The van der Waals surface area contributed by atoms with E-state index in [0.717, 1.165) is 0 Å². The number of aryl methyl sites for hydroxylation is 2. The van der Waals surface area contributed by atoms with Gasteiger partial charge < -0.3 is 4.57 Å². The van der Waals surface area contributed by atoms with E-state index in [2.05, 4.69) is 61.9 Å². The second-order valence-corrected chi connectivity index (χ2v) is 3.73. The largest absolute Gasteiger partial charge is 0.348 e. The van der Waals surface area contributed by atoms with Gasteiger partial charge in [0.1, 0.15) is 0 Å². The molecule has 1 aromatic carbocycles. The molecule has 1 nitrogen and oxygen atoms in total. The Bertz CT molecular complexity index is 452. The van der Waals surface area contributed by atoms with E-state index in [4.69, 9.17) is 0 Å². The molecule has 0 atom stereocenters. The van der Waals surface area contributed by atoms with E-state index in [-0.39, 0.29) is 0 Å². The average molecular weight is 185 g/mol. The van der Waals surface area contributed by atoms with Gasteiger partial charge in [0.25, 0.3) is 0 Å². The lowest BCUT2D eigenvalue weighted by Crippen LogP contribution is -1.94. The van der Waals surface area contributed by atoms with Gasteiger partial charge in [-0.2, -0.15) is 0 Å². The molecule has 14 heavy (non-hydrogen) atoms. The van der Waals surface area contributed by atoms with Gasteiger partial charge in [-0.25, -0.2) is 0 Å². The summed E-state index contributed by atoms with van der Waals surface area (Å²) in [5.41, 5.74) is 5.24. The number of hydrogen-bond acceptors (Lipinski definition) is 0. The molecular formula is C13H15N. The van der Waals surface area contributed by atoms with Gasteiger partial charge in [0.05, 0.1) is 0 Å². The smallest absolute Gasteiger partial charge is 0.0482 e. The maximum Gasteiger partial charge on any atom is 0.0482 e. The molecule has 0 amide bonds. The molecule has 1 heteroatoms. The van der Waals surface area contributed by atoms with Crippen molar-refractivity contribution in [2.24, 2.45) is 7.05 Å². The van der Waals surface area contributed by atoms with Gasteiger partial charge in [-0.3, -0.25) is 0 Å². The van der Waals surface area contributed by atoms with Gasteiger partial charge in [-0.05, 0) is 31.5 Å². The van der Waals surface area contributed by atoms with E-state index >= 15 is 0 Å². The van der Waals surface area contributed by atoms with Crippen LogP contribution in [0.3, 0.4) is 0 Å². The Kier molecular flexibility index (Phi) is 2.16. The summed E-state index contributed by atoms with van der Waals surface area (Å²) >= 11 is 0. The zero-order chi connectivity index (χ0) is 10.1. The Hall–Kier alpha value is -1.50. The van der Waals surface area contributed by atoms with Gasteiger partial charge in [0, 0.05) is 24.0 Å². The molecule has 72 valence electrons. The van der Waals surface area contributed by atoms with Crippen molar-refractivity contribution < 1.29 is 0 Å². The lowest BCUT2D eigenvalue weighted by atomic mass is 10.1. The molecule has 0 fully saturated rings. The molecule has 0 bridgehead atoms. The highest BCUT2D eigenvalue weighted by molar-refractivity contribution is 5.64. The minimum atomic E-state index is 1.29. The first-order valence-electron chi connectivity index (χ1n) is 4.88. The average Bonchev–Trinajstić information content (AvgIpc) is 2.49. The Morgan fingerprint density at radius 3 is 2.21 bits per heavy atom. The highest BCUT2D eigenvalue weighted by Gasteiger charge is 2.05. The predicted molar refractivity (Wildman–Crippen MR) is 60.3 cm³/mol. The summed E-state index contributed by atoms with van der Waals surface area (Å²) < 4.78 is 2.22. The maximum atomic E-state index is 2.22. The van der Waals surface area contributed by atoms with Gasteiger partial charge in [-0.1, -0.05) is 24.3 Å². The van der Waals surface area contributed by atoms with E-state index in [9.17, 15) is 0 Å². The molecule has 0 aliphatic heterocycles. The van der Waals surface area contributed by atoms with Crippen molar-refractivity contribution in [1.29, 1.82) is 0 Å². The van der Waals surface area contributed by atoms with Crippen LogP contribution < -0.4 is 0 Å². The van der Waals surface area contributed by atoms with Crippen LogP contribution in [0.5, 0.6) is 0 Å². The molecule has 2 rings (SSSR count). The van der Waals surface area contributed by atoms with Crippen molar-refractivity contribution in [2.45, 2.75) is 13.8 Å². The molecule has 0 spiro atoms. The van der Waals surface area contributed by atoms with Crippen LogP contribution >= 0.6 is 0 Å². The predicted octanol–water partition coefficient (Wildman–Crippen LogP) is 3.31. The number of nitrogens with zero attached hydrogens (tertiary/aromatic N) is 1. The minimum absolute atomic E-state index is 1.29. The van der Waals surface area contributed by atoms with Crippen molar-refractivity contribution in [3.8, 4) is 11.3 Å². The Morgan fingerprint density at radius 2 is 1.64 bits per heavy atom. The Morgan fingerprint density at radius 1 is 0.929 bits per heavy atom. The topological polar surface area (TPSA) is 4.93 Å². The number of benzene rings is 1. The van der Waals surface area contributed by atoms with Crippen LogP contribution in [0, 0.1) is 13.8 Å². The van der Waals surface area contributed by atoms with Crippen LogP contribution in [0.4, 0.5) is 0 Å². The van der Waals surface area contributed by atoms with Crippen molar-refractivity contribution >= 4 is 0 Å². The number of aromatic nitrogens is 1. The zero-order valence-electron chi connectivity index (χ0n) is 8.91. The molecule has 0 aliphatic carbocycles. The lowest BCUT2D eigenvalue weighted by molar-refractivity contribution is 0.890. The van der Waals surface area contributed by atoms with Crippen LogP contribution in [0.1, 0.15) is 11.3 Å². The van der Waals surface area contributed by atoms with Gasteiger partial charge in [0.2, 0.25) is 0 Å². The van der Waals surface area contributed by atoms with Crippen LogP contribution in [0.2, 0.25) is 0 Å². The van der Waals surface area contributed by atoms with Crippen LogP contribution in [-0.4, -0.2) is 4.57 Å². The molecule has 0 aliphatic rings. The maximum absolute atomic E-state index is 2.22. The standard InChI is InChI=1S/C13H15N/c1-10-6-4-5-7-12(10)13-9-8-11(2)14(13)3/h4-9H,1-3H3. The minimum Gasteiger partial charge on any atom is -0.348 e. The molecule has 1 aromatic heterocycles.